The number of nitrogens with zero attached hydrogens (tertiary/aromatic N) is 1. The third kappa shape index (κ3) is 3.83. The fraction of sp³-hybridized carbons (Fsp3) is 0.294. The lowest BCUT2D eigenvalue weighted by Gasteiger charge is -2.20. The van der Waals surface area contributed by atoms with Gasteiger partial charge in [-0.2, -0.15) is 0 Å². The van der Waals surface area contributed by atoms with E-state index < -0.39 is 0 Å². The van der Waals surface area contributed by atoms with Crippen molar-refractivity contribution in [2.24, 2.45) is 0 Å². The molecule has 0 bridgehead atoms. The summed E-state index contributed by atoms with van der Waals surface area (Å²) in [7, 11) is 4.12. The first kappa shape index (κ1) is 13.6. The maximum Gasteiger partial charge on any atom is 0.0426 e. The summed E-state index contributed by atoms with van der Waals surface area (Å²) in [5.41, 5.74) is 5.24. The largest absolute Gasteiger partial charge is 0.370 e. The zero-order chi connectivity index (χ0) is 13.7. The first-order valence-electron chi connectivity index (χ1n) is 6.69. The minimum Gasteiger partial charge on any atom is -0.370 e. The summed E-state index contributed by atoms with van der Waals surface area (Å²) >= 11 is 0. The van der Waals surface area contributed by atoms with Crippen LogP contribution in [-0.4, -0.2) is 14.1 Å². The average Bonchev–Trinajstić information content (AvgIpc) is 2.39. The van der Waals surface area contributed by atoms with Crippen molar-refractivity contribution in [2.75, 3.05) is 19.0 Å². The minimum absolute atomic E-state index is 0.919. The van der Waals surface area contributed by atoms with Gasteiger partial charge in [-0.3, -0.25) is 0 Å². The van der Waals surface area contributed by atoms with Gasteiger partial charge in [0.2, 0.25) is 0 Å². The molecule has 19 heavy (non-hydrogen) atoms. The van der Waals surface area contributed by atoms with Crippen molar-refractivity contribution in [1.82, 2.24) is 5.32 Å². The Kier molecular flexibility index (Phi) is 4.58. The quantitative estimate of drug-likeness (QED) is 0.880. The lowest BCUT2D eigenvalue weighted by atomic mass is 10.1. The number of aryl methyl sites for hydroxylation is 1. The Labute approximate surface area is 116 Å². The number of benzene rings is 2. The predicted octanol–water partition coefficient (Wildman–Crippen LogP) is 3.35. The van der Waals surface area contributed by atoms with Crippen LogP contribution >= 0.6 is 0 Å². The second-order valence-electron chi connectivity index (χ2n) is 5.05. The third-order valence-corrected chi connectivity index (χ3v) is 3.23. The van der Waals surface area contributed by atoms with Gasteiger partial charge in [-0.1, -0.05) is 36.4 Å². The molecule has 0 heterocycles. The Balaban J connectivity index is 2.10. The Morgan fingerprint density at radius 1 is 1.00 bits per heavy atom. The monoisotopic (exact) mass is 254 g/mol. The van der Waals surface area contributed by atoms with E-state index in [-0.39, 0.29) is 0 Å². The van der Waals surface area contributed by atoms with Gasteiger partial charge in [-0.05, 0) is 42.8 Å². The summed E-state index contributed by atoms with van der Waals surface area (Å²) in [5.74, 6) is 0. The highest BCUT2D eigenvalue weighted by Crippen LogP contribution is 2.17. The van der Waals surface area contributed by atoms with E-state index >= 15 is 0 Å². The molecule has 1 N–H and O–H groups in total. The van der Waals surface area contributed by atoms with Gasteiger partial charge in [0.1, 0.15) is 0 Å². The molecule has 0 amide bonds. The van der Waals surface area contributed by atoms with Gasteiger partial charge in [0.05, 0.1) is 0 Å². The fourth-order valence-corrected chi connectivity index (χ4v) is 2.27. The zero-order valence-electron chi connectivity index (χ0n) is 12.0. The second-order valence-corrected chi connectivity index (χ2v) is 5.05. The molecule has 0 aromatic heterocycles. The van der Waals surface area contributed by atoms with E-state index in [0.717, 1.165) is 13.1 Å². The molecule has 0 fully saturated rings. The van der Waals surface area contributed by atoms with Crippen molar-refractivity contribution in [3.05, 3.63) is 65.2 Å². The van der Waals surface area contributed by atoms with Crippen molar-refractivity contribution in [3.8, 4) is 0 Å². The van der Waals surface area contributed by atoms with E-state index in [2.05, 4.69) is 72.7 Å². The third-order valence-electron chi connectivity index (χ3n) is 3.23. The van der Waals surface area contributed by atoms with Crippen LogP contribution in [0.1, 0.15) is 16.7 Å². The molecule has 2 aromatic rings. The van der Waals surface area contributed by atoms with Crippen molar-refractivity contribution in [2.45, 2.75) is 20.0 Å². The Morgan fingerprint density at radius 2 is 1.74 bits per heavy atom. The lowest BCUT2D eigenvalue weighted by Crippen LogP contribution is -2.16. The molecule has 0 spiro atoms. The summed E-state index contributed by atoms with van der Waals surface area (Å²) in [6.07, 6.45) is 0. The van der Waals surface area contributed by atoms with Crippen LogP contribution in [0.4, 0.5) is 5.69 Å². The number of hydrogen-bond donors (Lipinski definition) is 1. The summed E-state index contributed by atoms with van der Waals surface area (Å²) in [4.78, 5) is 2.28. The molecular formula is C17H22N2. The Bertz CT molecular complexity index is 534. The number of anilines is 1. The predicted molar refractivity (Wildman–Crippen MR) is 82.5 cm³/mol. The van der Waals surface area contributed by atoms with Crippen molar-refractivity contribution >= 4 is 5.69 Å². The van der Waals surface area contributed by atoms with Crippen LogP contribution in [0, 0.1) is 6.92 Å². The molecule has 0 unspecified atom stereocenters. The van der Waals surface area contributed by atoms with E-state index in [4.69, 9.17) is 0 Å². The molecule has 2 nitrogen and oxygen atoms in total. The standard InChI is InChI=1S/C17H22N2/c1-14-6-4-9-17(10-14)19(3)13-16-8-5-7-15(11-16)12-18-2/h4-11,18H,12-13H2,1-3H3. The molecule has 0 aliphatic rings. The molecule has 0 radical (unpaired) electrons. The van der Waals surface area contributed by atoms with Crippen LogP contribution in [0.2, 0.25) is 0 Å². The zero-order valence-corrected chi connectivity index (χ0v) is 12.0. The number of hydrogen-bond acceptors (Lipinski definition) is 2. The Hall–Kier alpha value is -1.80. The van der Waals surface area contributed by atoms with Crippen molar-refractivity contribution in [1.29, 1.82) is 0 Å². The average molecular weight is 254 g/mol. The molecule has 2 rings (SSSR count). The molecule has 0 aliphatic carbocycles. The maximum atomic E-state index is 3.19. The molecule has 0 aliphatic heterocycles. The van der Waals surface area contributed by atoms with Crippen molar-refractivity contribution in [3.63, 3.8) is 0 Å². The number of nitrogens with one attached hydrogen (secondary N) is 1. The van der Waals surface area contributed by atoms with Gasteiger partial charge < -0.3 is 10.2 Å². The smallest absolute Gasteiger partial charge is 0.0426 e. The van der Waals surface area contributed by atoms with Crippen LogP contribution in [0.3, 0.4) is 0 Å². The molecule has 100 valence electrons. The van der Waals surface area contributed by atoms with E-state index in [9.17, 15) is 0 Å². The summed E-state index contributed by atoms with van der Waals surface area (Å²) in [5, 5.41) is 3.19. The summed E-state index contributed by atoms with van der Waals surface area (Å²) < 4.78 is 0. The van der Waals surface area contributed by atoms with Crippen LogP contribution in [0.25, 0.3) is 0 Å². The van der Waals surface area contributed by atoms with Crippen LogP contribution in [-0.2, 0) is 13.1 Å². The van der Waals surface area contributed by atoms with Crippen molar-refractivity contribution < 1.29 is 0 Å². The van der Waals surface area contributed by atoms with E-state index in [1.165, 1.54) is 22.4 Å². The first-order valence-corrected chi connectivity index (χ1v) is 6.69. The van der Waals surface area contributed by atoms with Gasteiger partial charge >= 0.3 is 0 Å². The fourth-order valence-electron chi connectivity index (χ4n) is 2.27. The SMILES string of the molecule is CNCc1cccc(CN(C)c2cccc(C)c2)c1. The summed E-state index contributed by atoms with van der Waals surface area (Å²) in [6, 6.07) is 17.4. The highest BCUT2D eigenvalue weighted by molar-refractivity contribution is 5.48. The van der Waals surface area contributed by atoms with Gasteiger partial charge in [-0.25, -0.2) is 0 Å². The molecule has 0 saturated heterocycles. The van der Waals surface area contributed by atoms with E-state index in [1.807, 2.05) is 7.05 Å². The minimum atomic E-state index is 0.919. The van der Waals surface area contributed by atoms with E-state index in [1.54, 1.807) is 0 Å². The summed E-state index contributed by atoms with van der Waals surface area (Å²) in [6.45, 7) is 3.98. The molecule has 0 atom stereocenters. The van der Waals surface area contributed by atoms with Crippen LogP contribution in [0.15, 0.2) is 48.5 Å². The van der Waals surface area contributed by atoms with E-state index in [0.29, 0.717) is 0 Å². The maximum absolute atomic E-state index is 3.19. The molecule has 0 saturated carbocycles. The highest BCUT2D eigenvalue weighted by Gasteiger charge is 2.03. The topological polar surface area (TPSA) is 15.3 Å². The second kappa shape index (κ2) is 6.39. The van der Waals surface area contributed by atoms with Gasteiger partial charge in [0.25, 0.3) is 0 Å². The lowest BCUT2D eigenvalue weighted by molar-refractivity contribution is 0.813. The Morgan fingerprint density at radius 3 is 2.47 bits per heavy atom. The first-order chi connectivity index (χ1) is 9.19. The highest BCUT2D eigenvalue weighted by atomic mass is 15.1. The number of rotatable bonds is 5. The molecule has 2 aromatic carbocycles. The molecule has 2 heteroatoms. The van der Waals surface area contributed by atoms with Gasteiger partial charge in [-0.15, -0.1) is 0 Å². The van der Waals surface area contributed by atoms with Crippen LogP contribution < -0.4 is 10.2 Å². The van der Waals surface area contributed by atoms with Gasteiger partial charge in [0.15, 0.2) is 0 Å². The van der Waals surface area contributed by atoms with Crippen LogP contribution in [0.5, 0.6) is 0 Å². The van der Waals surface area contributed by atoms with Gasteiger partial charge in [0, 0.05) is 25.8 Å². The molecular weight excluding hydrogens is 232 g/mol. The normalized spacial score (nSPS) is 10.5.